The van der Waals surface area contributed by atoms with Gasteiger partial charge in [-0.05, 0) is 79.4 Å². The van der Waals surface area contributed by atoms with E-state index >= 15 is 0 Å². The molecule has 0 saturated carbocycles. The van der Waals surface area contributed by atoms with Gasteiger partial charge in [-0.25, -0.2) is 0 Å². The van der Waals surface area contributed by atoms with Crippen molar-refractivity contribution in [2.24, 2.45) is 10.8 Å². The molecule has 4 nitrogen and oxygen atoms in total. The van der Waals surface area contributed by atoms with Crippen molar-refractivity contribution in [1.82, 2.24) is 0 Å². The Morgan fingerprint density at radius 3 is 1.05 bits per heavy atom. The van der Waals surface area contributed by atoms with Crippen molar-refractivity contribution in [2.45, 2.75) is 108 Å². The Bertz CT molecular complexity index is 1170. The molecule has 0 heterocycles. The second kappa shape index (κ2) is 21.1. The van der Waals surface area contributed by atoms with Crippen molar-refractivity contribution in [2.75, 3.05) is 0 Å². The van der Waals surface area contributed by atoms with Crippen molar-refractivity contribution in [1.29, 1.82) is 0 Å². The number of carbonyl (C=O) groups is 4. The number of carbonyl (C=O) groups excluding carboxylic acids is 4. The highest BCUT2D eigenvalue weighted by atomic mass is 16.1. The van der Waals surface area contributed by atoms with Crippen molar-refractivity contribution >= 4 is 23.1 Å². The molecule has 0 aromatic rings. The summed E-state index contributed by atoms with van der Waals surface area (Å²) in [6, 6.07) is 0. The first-order valence-electron chi connectivity index (χ1n) is 15.6. The second-order valence-corrected chi connectivity index (χ2v) is 13.0. The maximum Gasteiger partial charge on any atom is 0.161 e. The summed E-state index contributed by atoms with van der Waals surface area (Å²) in [7, 11) is 0. The Hall–Kier alpha value is -3.66. The number of ketones is 4. The summed E-state index contributed by atoms with van der Waals surface area (Å²) in [5.74, 6) is 0.469. The van der Waals surface area contributed by atoms with E-state index in [4.69, 9.17) is 0 Å². The quantitative estimate of drug-likeness (QED) is 0.103. The highest BCUT2D eigenvalue weighted by Gasteiger charge is 2.25. The molecule has 0 radical (unpaired) electrons. The van der Waals surface area contributed by atoms with Crippen LogP contribution in [0.4, 0.5) is 0 Å². The average Bonchev–Trinajstić information content (AvgIpc) is 2.91. The monoisotopic (exact) mass is 600 g/mol. The molecule has 0 N–H and O–H groups in total. The van der Waals surface area contributed by atoms with Gasteiger partial charge in [0.1, 0.15) is 11.6 Å². The maximum atomic E-state index is 12.6. The van der Waals surface area contributed by atoms with Crippen LogP contribution in [-0.2, 0) is 19.2 Å². The summed E-state index contributed by atoms with van der Waals surface area (Å²) >= 11 is 0. The molecule has 0 aromatic heterocycles. The van der Waals surface area contributed by atoms with Gasteiger partial charge in [-0.15, -0.1) is 0 Å². The lowest BCUT2D eigenvalue weighted by atomic mass is 9.82. The topological polar surface area (TPSA) is 68.3 Å². The predicted octanol–water partition coefficient (Wildman–Crippen LogP) is 10.3. The second-order valence-electron chi connectivity index (χ2n) is 13.0. The minimum Gasteiger partial charge on any atom is -0.300 e. The third-order valence-electron chi connectivity index (χ3n) is 7.26. The standard InChI is InChI=1S/C40H56O4/c1-31(19-13-21-33(3)25-27-37(43)39(7,8)29-15-23-35(5)41)17-11-12-18-32(2)20-14-22-34(4)26-28-38(44)40(9,10)30-16-24-36(6)42/h11-14,17-22,25-28H,15-16,23-24,29-30H2,1-10H3/b12-11+,19-13+,20-14+,27-25+,28-26+,31-17-,32-18-,33-21-,34-22-. The van der Waals surface area contributed by atoms with Gasteiger partial charge in [-0.2, -0.15) is 0 Å². The molecular formula is C40H56O4. The zero-order valence-corrected chi connectivity index (χ0v) is 29.0. The lowest BCUT2D eigenvalue weighted by molar-refractivity contribution is -0.123. The Kier molecular flexibility index (Phi) is 19.4. The van der Waals surface area contributed by atoms with Crippen LogP contribution in [0.2, 0.25) is 0 Å². The molecule has 44 heavy (non-hydrogen) atoms. The summed E-state index contributed by atoms with van der Waals surface area (Å²) < 4.78 is 0. The van der Waals surface area contributed by atoms with Crippen LogP contribution in [0.25, 0.3) is 0 Å². The minimum atomic E-state index is -0.471. The fraction of sp³-hybridized carbons (Fsp3) is 0.450. The van der Waals surface area contributed by atoms with Gasteiger partial charge < -0.3 is 9.59 Å². The molecule has 0 unspecified atom stereocenters. The SMILES string of the molecule is CC(=O)CCCC(C)(C)C(=O)/C=C/C(C)=C\C=C\C(C)=C/C=C/C=C(C)\C=C\C=C(C)/C=C/C(=O)C(C)(C)CCCC(C)=O. The summed E-state index contributed by atoms with van der Waals surface area (Å²) in [4.78, 5) is 47.4. The molecule has 0 rings (SSSR count). The summed E-state index contributed by atoms with van der Waals surface area (Å²) in [5.41, 5.74) is 3.22. The van der Waals surface area contributed by atoms with E-state index in [1.807, 2.05) is 128 Å². The molecular weight excluding hydrogens is 544 g/mol. The van der Waals surface area contributed by atoms with Crippen LogP contribution >= 0.6 is 0 Å². The van der Waals surface area contributed by atoms with Crippen LogP contribution in [0.5, 0.6) is 0 Å². The van der Waals surface area contributed by atoms with Gasteiger partial charge in [0, 0.05) is 23.7 Å². The molecule has 0 fully saturated rings. The first kappa shape index (κ1) is 40.3. The number of hydrogen-bond donors (Lipinski definition) is 0. The fourth-order valence-corrected chi connectivity index (χ4v) is 4.01. The third kappa shape index (κ3) is 20.3. The minimum absolute atomic E-state index is 0.0745. The van der Waals surface area contributed by atoms with E-state index in [9.17, 15) is 19.2 Å². The summed E-state index contributed by atoms with van der Waals surface area (Å²) in [5, 5.41) is 0. The highest BCUT2D eigenvalue weighted by Crippen LogP contribution is 2.26. The Labute approximate surface area is 267 Å². The Morgan fingerprint density at radius 2 is 0.727 bits per heavy atom. The summed E-state index contributed by atoms with van der Waals surface area (Å²) in [6.45, 7) is 18.9. The van der Waals surface area contributed by atoms with Gasteiger partial charge in [-0.3, -0.25) is 9.59 Å². The molecule has 0 bridgehead atoms. The van der Waals surface area contributed by atoms with Gasteiger partial charge in [0.05, 0.1) is 0 Å². The van der Waals surface area contributed by atoms with E-state index in [-0.39, 0.29) is 23.1 Å². The van der Waals surface area contributed by atoms with Crippen LogP contribution < -0.4 is 0 Å². The summed E-state index contributed by atoms with van der Waals surface area (Å²) in [6.07, 6.45) is 30.8. The molecule has 0 saturated heterocycles. The maximum absolute atomic E-state index is 12.6. The molecule has 240 valence electrons. The Morgan fingerprint density at radius 1 is 0.432 bits per heavy atom. The van der Waals surface area contributed by atoms with Gasteiger partial charge in [0.2, 0.25) is 0 Å². The molecule has 0 aromatic carbocycles. The zero-order valence-electron chi connectivity index (χ0n) is 29.0. The largest absolute Gasteiger partial charge is 0.300 e. The number of allylic oxidation sites excluding steroid dienone is 18. The van der Waals surface area contributed by atoms with E-state index in [2.05, 4.69) is 0 Å². The van der Waals surface area contributed by atoms with Crippen LogP contribution in [0.15, 0.2) is 107 Å². The lowest BCUT2D eigenvalue weighted by Gasteiger charge is -2.20. The molecule has 0 spiro atoms. The molecule has 0 aliphatic rings. The molecule has 0 amide bonds. The van der Waals surface area contributed by atoms with E-state index in [1.165, 1.54) is 0 Å². The molecule has 0 atom stereocenters. The van der Waals surface area contributed by atoms with Crippen molar-refractivity contribution in [3.05, 3.63) is 107 Å². The average molecular weight is 601 g/mol. The predicted molar refractivity (Wildman–Crippen MR) is 187 cm³/mol. The van der Waals surface area contributed by atoms with Crippen LogP contribution in [0.3, 0.4) is 0 Å². The van der Waals surface area contributed by atoms with Crippen molar-refractivity contribution < 1.29 is 19.2 Å². The van der Waals surface area contributed by atoms with E-state index < -0.39 is 10.8 Å². The smallest absolute Gasteiger partial charge is 0.161 e. The van der Waals surface area contributed by atoms with E-state index in [1.54, 1.807) is 26.0 Å². The first-order valence-corrected chi connectivity index (χ1v) is 15.6. The van der Waals surface area contributed by atoms with Gasteiger partial charge in [-0.1, -0.05) is 123 Å². The molecule has 4 heteroatoms. The van der Waals surface area contributed by atoms with E-state index in [0.29, 0.717) is 25.7 Å². The van der Waals surface area contributed by atoms with Gasteiger partial charge in [0.25, 0.3) is 0 Å². The van der Waals surface area contributed by atoms with Crippen LogP contribution in [0, 0.1) is 10.8 Å². The number of hydrogen-bond acceptors (Lipinski definition) is 4. The van der Waals surface area contributed by atoms with Gasteiger partial charge >= 0.3 is 0 Å². The third-order valence-corrected chi connectivity index (χ3v) is 7.26. The van der Waals surface area contributed by atoms with Crippen molar-refractivity contribution in [3.63, 3.8) is 0 Å². The van der Waals surface area contributed by atoms with Crippen LogP contribution in [0.1, 0.15) is 108 Å². The lowest BCUT2D eigenvalue weighted by Crippen LogP contribution is -2.22. The van der Waals surface area contributed by atoms with Crippen molar-refractivity contribution in [3.8, 4) is 0 Å². The van der Waals surface area contributed by atoms with Gasteiger partial charge in [0.15, 0.2) is 11.6 Å². The number of Topliss-reactive ketones (excluding diaryl/α,β-unsaturated/α-hetero) is 2. The molecule has 0 aliphatic carbocycles. The Balaban J connectivity index is 4.88. The highest BCUT2D eigenvalue weighted by molar-refractivity contribution is 5.95. The van der Waals surface area contributed by atoms with Crippen LogP contribution in [-0.4, -0.2) is 23.1 Å². The molecule has 0 aliphatic heterocycles. The normalized spacial score (nSPS) is 14.7. The van der Waals surface area contributed by atoms with E-state index in [0.717, 1.165) is 35.1 Å². The fourth-order valence-electron chi connectivity index (χ4n) is 4.01. The zero-order chi connectivity index (χ0) is 33.8. The first-order chi connectivity index (χ1) is 20.5. The number of rotatable bonds is 20.